The van der Waals surface area contributed by atoms with E-state index in [1.165, 1.54) is 0 Å². The number of nitrogens with two attached hydrogens (primary N) is 1. The molecule has 0 heterocycles. The standard InChI is InChI=1S/C13H16NO3P/c1-8(18)6-12(15)10-4-2-9(3-5-10)7-11(14)13(16)17/h2-5,11,18H,6-7,14H2,1H3,(H,16,17). The molecule has 0 aliphatic heterocycles. The largest absolute Gasteiger partial charge is 0.480 e. The van der Waals surface area contributed by atoms with E-state index in [4.69, 9.17) is 10.8 Å². The molecule has 0 bridgehead atoms. The van der Waals surface area contributed by atoms with E-state index in [1.54, 1.807) is 24.3 Å². The summed E-state index contributed by atoms with van der Waals surface area (Å²) in [5, 5.41) is 9.57. The summed E-state index contributed by atoms with van der Waals surface area (Å²) in [6, 6.07) is 5.95. The van der Waals surface area contributed by atoms with Crippen LogP contribution in [0, 0.1) is 0 Å². The van der Waals surface area contributed by atoms with Gasteiger partial charge in [-0.3, -0.25) is 9.59 Å². The summed E-state index contributed by atoms with van der Waals surface area (Å²) in [4.78, 5) is 22.3. The lowest BCUT2D eigenvalue weighted by Crippen LogP contribution is -2.32. The van der Waals surface area contributed by atoms with Gasteiger partial charge in [0.2, 0.25) is 0 Å². The summed E-state index contributed by atoms with van der Waals surface area (Å²) in [6.07, 6.45) is 0.609. The second-order valence-corrected chi connectivity index (χ2v) is 5.08. The molecule has 1 atom stereocenters. The third-order valence-electron chi connectivity index (χ3n) is 2.47. The first kappa shape index (κ1) is 14.6. The van der Waals surface area contributed by atoms with Crippen LogP contribution >= 0.6 is 8.86 Å². The molecule has 0 aromatic heterocycles. The summed E-state index contributed by atoms with van der Waals surface area (Å²) in [6.45, 7) is 1.83. The van der Waals surface area contributed by atoms with Gasteiger partial charge in [0.25, 0.3) is 0 Å². The van der Waals surface area contributed by atoms with Crippen LogP contribution in [0.4, 0.5) is 0 Å². The highest BCUT2D eigenvalue weighted by Crippen LogP contribution is 2.09. The first-order chi connectivity index (χ1) is 8.40. The maximum Gasteiger partial charge on any atom is 0.320 e. The highest BCUT2D eigenvalue weighted by Gasteiger charge is 2.12. The lowest BCUT2D eigenvalue weighted by Gasteiger charge is -2.07. The minimum atomic E-state index is -1.03. The molecular formula is C13H16NO3P. The quantitative estimate of drug-likeness (QED) is 0.604. The summed E-state index contributed by atoms with van der Waals surface area (Å²) < 4.78 is 0. The van der Waals surface area contributed by atoms with E-state index in [-0.39, 0.29) is 12.2 Å². The lowest BCUT2D eigenvalue weighted by molar-refractivity contribution is -0.138. The fraction of sp³-hybridized carbons (Fsp3) is 0.308. The smallest absolute Gasteiger partial charge is 0.320 e. The normalized spacial score (nSPS) is 11.9. The number of carbonyl (C=O) groups excluding carboxylic acids is 1. The van der Waals surface area contributed by atoms with Crippen LogP contribution in [0.3, 0.4) is 0 Å². The van der Waals surface area contributed by atoms with Crippen molar-refractivity contribution in [2.45, 2.75) is 25.8 Å². The molecular weight excluding hydrogens is 249 g/mol. The molecule has 1 aromatic rings. The van der Waals surface area contributed by atoms with Crippen molar-refractivity contribution < 1.29 is 14.7 Å². The van der Waals surface area contributed by atoms with Crippen molar-refractivity contribution in [2.75, 3.05) is 0 Å². The predicted molar refractivity (Wildman–Crippen MR) is 73.7 cm³/mol. The average molecular weight is 265 g/mol. The molecule has 96 valence electrons. The fourth-order valence-electron chi connectivity index (χ4n) is 1.51. The topological polar surface area (TPSA) is 80.4 Å². The van der Waals surface area contributed by atoms with Crippen molar-refractivity contribution in [1.82, 2.24) is 0 Å². The minimum absolute atomic E-state index is 0.0246. The van der Waals surface area contributed by atoms with Crippen molar-refractivity contribution in [3.05, 3.63) is 35.4 Å². The summed E-state index contributed by atoms with van der Waals surface area (Å²) >= 11 is 0. The van der Waals surface area contributed by atoms with Gasteiger partial charge in [-0.05, 0) is 24.2 Å². The number of Topliss-reactive ketones (excluding diaryl/α,β-unsaturated/α-hetero) is 1. The highest BCUT2D eigenvalue weighted by molar-refractivity contribution is 7.21. The Bertz CT molecular complexity index is 468. The van der Waals surface area contributed by atoms with E-state index in [0.29, 0.717) is 12.0 Å². The van der Waals surface area contributed by atoms with Gasteiger partial charge in [-0.15, -0.1) is 8.86 Å². The Morgan fingerprint density at radius 2 is 1.89 bits per heavy atom. The van der Waals surface area contributed by atoms with Crippen LogP contribution in [0.25, 0.3) is 0 Å². The number of ketones is 1. The Labute approximate surface area is 108 Å². The van der Waals surface area contributed by atoms with Crippen LogP contribution in [0.2, 0.25) is 0 Å². The second kappa shape index (κ2) is 6.43. The molecule has 0 radical (unpaired) electrons. The monoisotopic (exact) mass is 265 g/mol. The molecule has 0 fully saturated rings. The Morgan fingerprint density at radius 3 is 2.33 bits per heavy atom. The maximum atomic E-state index is 11.7. The number of carbonyl (C=O) groups is 2. The lowest BCUT2D eigenvalue weighted by atomic mass is 10.0. The Kier molecular flexibility index (Phi) is 5.20. The predicted octanol–water partition coefficient (Wildman–Crippen LogP) is 1.55. The van der Waals surface area contributed by atoms with Crippen LogP contribution in [-0.4, -0.2) is 28.2 Å². The van der Waals surface area contributed by atoms with Gasteiger partial charge >= 0.3 is 5.97 Å². The van der Waals surface area contributed by atoms with E-state index in [9.17, 15) is 9.59 Å². The molecule has 1 aromatic carbocycles. The molecule has 0 aliphatic carbocycles. The first-order valence-electron chi connectivity index (χ1n) is 5.54. The number of carboxylic acids is 1. The number of hydrogen-bond donors (Lipinski definition) is 2. The number of aliphatic carboxylic acids is 1. The van der Waals surface area contributed by atoms with Crippen LogP contribution < -0.4 is 5.73 Å². The van der Waals surface area contributed by atoms with Crippen LogP contribution in [0.15, 0.2) is 24.3 Å². The van der Waals surface area contributed by atoms with Crippen LogP contribution in [0.5, 0.6) is 0 Å². The van der Waals surface area contributed by atoms with E-state index < -0.39 is 12.0 Å². The van der Waals surface area contributed by atoms with Crippen LogP contribution in [-0.2, 0) is 11.2 Å². The molecule has 0 amide bonds. The molecule has 0 saturated heterocycles. The average Bonchev–Trinajstić information content (AvgIpc) is 2.28. The van der Waals surface area contributed by atoms with Crippen molar-refractivity contribution in [3.63, 3.8) is 0 Å². The molecule has 5 heteroatoms. The van der Waals surface area contributed by atoms with Crippen LogP contribution in [0.1, 0.15) is 29.3 Å². The van der Waals surface area contributed by atoms with Crippen molar-refractivity contribution in [3.8, 4) is 0 Å². The van der Waals surface area contributed by atoms with Gasteiger partial charge in [0.05, 0.1) is 0 Å². The van der Waals surface area contributed by atoms with Crippen molar-refractivity contribution >= 4 is 25.9 Å². The van der Waals surface area contributed by atoms with Gasteiger partial charge < -0.3 is 10.8 Å². The van der Waals surface area contributed by atoms with E-state index in [1.807, 2.05) is 6.92 Å². The zero-order valence-corrected chi connectivity index (χ0v) is 11.1. The third kappa shape index (κ3) is 4.40. The third-order valence-corrected chi connectivity index (χ3v) is 2.65. The first-order valence-corrected chi connectivity index (χ1v) is 6.04. The van der Waals surface area contributed by atoms with Crippen molar-refractivity contribution in [1.29, 1.82) is 0 Å². The Morgan fingerprint density at radius 1 is 1.33 bits per heavy atom. The van der Waals surface area contributed by atoms with Gasteiger partial charge in [0.15, 0.2) is 5.78 Å². The fourth-order valence-corrected chi connectivity index (χ4v) is 1.67. The van der Waals surface area contributed by atoms with E-state index >= 15 is 0 Å². The summed E-state index contributed by atoms with van der Waals surface area (Å²) in [7, 11) is 3.30. The number of carboxylic acid groups (broad SMARTS) is 1. The Balaban J connectivity index is 2.71. The number of benzene rings is 1. The molecule has 0 aliphatic rings. The Hall–Kier alpha value is -1.51. The SMILES string of the molecule is CC(=P)CC(=O)c1ccc(CC(N)C(=O)O)cc1. The number of rotatable bonds is 6. The van der Waals surface area contributed by atoms with E-state index in [0.717, 1.165) is 10.9 Å². The van der Waals surface area contributed by atoms with Gasteiger partial charge in [-0.1, -0.05) is 24.3 Å². The summed E-state index contributed by atoms with van der Waals surface area (Å²) in [5.41, 5.74) is 6.85. The molecule has 1 rings (SSSR count). The zero-order valence-electron chi connectivity index (χ0n) is 10.1. The molecule has 18 heavy (non-hydrogen) atoms. The van der Waals surface area contributed by atoms with Crippen molar-refractivity contribution in [2.24, 2.45) is 5.73 Å². The van der Waals surface area contributed by atoms with Gasteiger partial charge in [0, 0.05) is 12.0 Å². The molecule has 0 spiro atoms. The van der Waals surface area contributed by atoms with E-state index in [2.05, 4.69) is 8.86 Å². The molecule has 3 N–H and O–H groups in total. The minimum Gasteiger partial charge on any atom is -0.480 e. The number of hydrogen-bond acceptors (Lipinski definition) is 3. The molecule has 0 saturated carbocycles. The van der Waals surface area contributed by atoms with Gasteiger partial charge in [0.1, 0.15) is 6.04 Å². The highest BCUT2D eigenvalue weighted by atomic mass is 31.0. The van der Waals surface area contributed by atoms with Gasteiger partial charge in [-0.25, -0.2) is 0 Å². The maximum absolute atomic E-state index is 11.7. The zero-order chi connectivity index (χ0) is 13.7. The summed E-state index contributed by atoms with van der Waals surface area (Å²) in [5.74, 6) is -1.00. The van der Waals surface area contributed by atoms with Gasteiger partial charge in [-0.2, -0.15) is 0 Å². The second-order valence-electron chi connectivity index (χ2n) is 4.23. The molecule has 4 nitrogen and oxygen atoms in total. The molecule has 1 unspecified atom stereocenters.